The molecule has 0 fully saturated rings. The second kappa shape index (κ2) is 6.19. The molecule has 1 aromatic rings. The first-order valence-electron chi connectivity index (χ1n) is 6.11. The highest BCUT2D eigenvalue weighted by Gasteiger charge is 2.17. The summed E-state index contributed by atoms with van der Waals surface area (Å²) >= 11 is 0. The van der Waals surface area contributed by atoms with E-state index in [2.05, 4.69) is 10.3 Å². The molecule has 1 aromatic carbocycles. The van der Waals surface area contributed by atoms with Gasteiger partial charge in [0.25, 0.3) is 0 Å². The van der Waals surface area contributed by atoms with Gasteiger partial charge in [-0.2, -0.15) is 0 Å². The molecule has 1 atom stereocenters. The van der Waals surface area contributed by atoms with Crippen molar-refractivity contribution in [3.63, 3.8) is 0 Å². The predicted octanol–water partition coefficient (Wildman–Crippen LogP) is 1.94. The molecule has 0 aliphatic carbocycles. The lowest BCUT2D eigenvalue weighted by Crippen LogP contribution is -2.39. The fraction of sp³-hybridized carbons (Fsp3) is 0.429. The summed E-state index contributed by atoms with van der Waals surface area (Å²) in [6.45, 7) is 7.67. The molecule has 0 saturated heterocycles. The molecule has 1 unspecified atom stereocenters. The van der Waals surface area contributed by atoms with E-state index in [1.54, 1.807) is 0 Å². The zero-order valence-electron chi connectivity index (χ0n) is 11.4. The molecule has 0 radical (unpaired) electrons. The fourth-order valence-corrected chi connectivity index (χ4v) is 1.76. The molecule has 4 heteroatoms. The third-order valence-electron chi connectivity index (χ3n) is 2.70. The third-order valence-corrected chi connectivity index (χ3v) is 2.70. The number of aliphatic imine (C=N–C) groups is 1. The van der Waals surface area contributed by atoms with Gasteiger partial charge >= 0.3 is 0 Å². The van der Waals surface area contributed by atoms with Crippen LogP contribution in [-0.4, -0.2) is 17.9 Å². The highest BCUT2D eigenvalue weighted by atomic mass is 16.2. The predicted molar refractivity (Wildman–Crippen MR) is 74.5 cm³/mol. The Bertz CT molecular complexity index is 452. The van der Waals surface area contributed by atoms with Crippen molar-refractivity contribution in [2.24, 2.45) is 10.7 Å². The van der Waals surface area contributed by atoms with Gasteiger partial charge in [0, 0.05) is 6.04 Å². The van der Waals surface area contributed by atoms with Crippen LogP contribution in [0.25, 0.3) is 0 Å². The van der Waals surface area contributed by atoms with E-state index in [4.69, 9.17) is 5.73 Å². The van der Waals surface area contributed by atoms with Gasteiger partial charge < -0.3 is 5.73 Å². The van der Waals surface area contributed by atoms with Crippen LogP contribution in [0, 0.1) is 6.92 Å². The maximum atomic E-state index is 12.0. The molecule has 3 N–H and O–H groups in total. The average Bonchev–Trinajstić information content (AvgIpc) is 2.27. The monoisotopic (exact) mass is 247 g/mol. The Morgan fingerprint density at radius 2 is 1.89 bits per heavy atom. The summed E-state index contributed by atoms with van der Waals surface area (Å²) < 4.78 is 0. The number of guanidine groups is 1. The van der Waals surface area contributed by atoms with Gasteiger partial charge in [0.2, 0.25) is 5.91 Å². The minimum absolute atomic E-state index is 0.0686. The SMILES string of the molecule is Cc1ccccc1C(C)C(=O)NC(N)=NC(C)C. The Morgan fingerprint density at radius 1 is 1.28 bits per heavy atom. The third kappa shape index (κ3) is 3.87. The highest BCUT2D eigenvalue weighted by molar-refractivity contribution is 5.99. The van der Waals surface area contributed by atoms with Crippen molar-refractivity contribution < 1.29 is 4.79 Å². The molecule has 1 rings (SSSR count). The van der Waals surface area contributed by atoms with E-state index in [1.165, 1.54) is 0 Å². The first-order valence-corrected chi connectivity index (χ1v) is 6.11. The minimum atomic E-state index is -0.243. The molecular weight excluding hydrogens is 226 g/mol. The second-order valence-electron chi connectivity index (χ2n) is 4.68. The molecule has 0 spiro atoms. The Morgan fingerprint density at radius 3 is 2.44 bits per heavy atom. The Hall–Kier alpha value is -1.84. The number of nitrogens with one attached hydrogen (secondary N) is 1. The number of benzene rings is 1. The molecule has 1 amide bonds. The van der Waals surface area contributed by atoms with E-state index in [0.29, 0.717) is 0 Å². The van der Waals surface area contributed by atoms with Gasteiger partial charge in [-0.15, -0.1) is 0 Å². The molecular formula is C14H21N3O. The van der Waals surface area contributed by atoms with Crippen LogP contribution in [-0.2, 0) is 4.79 Å². The van der Waals surface area contributed by atoms with Crippen LogP contribution >= 0.6 is 0 Å². The van der Waals surface area contributed by atoms with E-state index >= 15 is 0 Å². The number of hydrogen-bond donors (Lipinski definition) is 2. The molecule has 0 aromatic heterocycles. The van der Waals surface area contributed by atoms with Crippen molar-refractivity contribution in [3.8, 4) is 0 Å². The van der Waals surface area contributed by atoms with Gasteiger partial charge in [0.15, 0.2) is 5.96 Å². The quantitative estimate of drug-likeness (QED) is 0.633. The Kier molecular flexibility index (Phi) is 4.89. The molecule has 0 saturated carbocycles. The van der Waals surface area contributed by atoms with E-state index in [0.717, 1.165) is 11.1 Å². The van der Waals surface area contributed by atoms with Crippen molar-refractivity contribution in [1.29, 1.82) is 0 Å². The fourth-order valence-electron chi connectivity index (χ4n) is 1.76. The smallest absolute Gasteiger partial charge is 0.233 e. The van der Waals surface area contributed by atoms with Crippen molar-refractivity contribution >= 4 is 11.9 Å². The van der Waals surface area contributed by atoms with Gasteiger partial charge in [-0.3, -0.25) is 15.1 Å². The summed E-state index contributed by atoms with van der Waals surface area (Å²) in [4.78, 5) is 16.1. The zero-order chi connectivity index (χ0) is 13.7. The maximum Gasteiger partial charge on any atom is 0.233 e. The maximum absolute atomic E-state index is 12.0. The number of nitrogens with two attached hydrogens (primary N) is 1. The number of rotatable bonds is 3. The van der Waals surface area contributed by atoms with Gasteiger partial charge in [0.05, 0.1) is 5.92 Å². The first kappa shape index (κ1) is 14.2. The lowest BCUT2D eigenvalue weighted by atomic mass is 9.96. The summed E-state index contributed by atoms with van der Waals surface area (Å²) in [5, 5.41) is 2.63. The molecule has 0 aliphatic rings. The van der Waals surface area contributed by atoms with E-state index in [1.807, 2.05) is 52.0 Å². The van der Waals surface area contributed by atoms with Gasteiger partial charge in [-0.25, -0.2) is 0 Å². The van der Waals surface area contributed by atoms with Crippen LogP contribution in [0.1, 0.15) is 37.8 Å². The van der Waals surface area contributed by atoms with Gasteiger partial charge in [-0.1, -0.05) is 24.3 Å². The Labute approximate surface area is 108 Å². The number of carbonyl (C=O) groups excluding carboxylic acids is 1. The second-order valence-corrected chi connectivity index (χ2v) is 4.68. The summed E-state index contributed by atoms with van der Waals surface area (Å²) in [6, 6.07) is 7.90. The molecule has 98 valence electrons. The molecule has 0 bridgehead atoms. The Balaban J connectivity index is 2.77. The molecule has 18 heavy (non-hydrogen) atoms. The summed E-state index contributed by atoms with van der Waals surface area (Å²) in [5.41, 5.74) is 7.75. The summed E-state index contributed by atoms with van der Waals surface area (Å²) in [6.07, 6.45) is 0. The lowest BCUT2D eigenvalue weighted by molar-refractivity contribution is -0.120. The summed E-state index contributed by atoms with van der Waals surface area (Å²) in [5.74, 6) is -0.200. The average molecular weight is 247 g/mol. The topological polar surface area (TPSA) is 67.5 Å². The number of aryl methyl sites for hydroxylation is 1. The van der Waals surface area contributed by atoms with Crippen LogP contribution in [0.5, 0.6) is 0 Å². The van der Waals surface area contributed by atoms with Crippen LogP contribution in [0.3, 0.4) is 0 Å². The normalized spacial score (nSPS) is 13.5. The molecule has 4 nitrogen and oxygen atoms in total. The van der Waals surface area contributed by atoms with Crippen LogP contribution < -0.4 is 11.1 Å². The number of nitrogens with zero attached hydrogens (tertiary/aromatic N) is 1. The largest absolute Gasteiger partial charge is 0.370 e. The standard InChI is InChI=1S/C14H21N3O/c1-9(2)16-14(15)17-13(18)11(4)12-8-6-5-7-10(12)3/h5-9,11H,1-4H3,(H3,15,16,17,18). The van der Waals surface area contributed by atoms with E-state index in [-0.39, 0.29) is 23.8 Å². The van der Waals surface area contributed by atoms with Crippen LogP contribution in [0.4, 0.5) is 0 Å². The molecule has 0 aliphatic heterocycles. The van der Waals surface area contributed by atoms with Crippen molar-refractivity contribution in [2.45, 2.75) is 39.7 Å². The first-order chi connectivity index (χ1) is 8.41. The van der Waals surface area contributed by atoms with Crippen molar-refractivity contribution in [1.82, 2.24) is 5.32 Å². The summed E-state index contributed by atoms with van der Waals surface area (Å²) in [7, 11) is 0. The van der Waals surface area contributed by atoms with Crippen LogP contribution in [0.2, 0.25) is 0 Å². The minimum Gasteiger partial charge on any atom is -0.370 e. The van der Waals surface area contributed by atoms with E-state index < -0.39 is 0 Å². The van der Waals surface area contributed by atoms with Crippen molar-refractivity contribution in [3.05, 3.63) is 35.4 Å². The van der Waals surface area contributed by atoms with Gasteiger partial charge in [-0.05, 0) is 38.8 Å². The number of hydrogen-bond acceptors (Lipinski definition) is 2. The van der Waals surface area contributed by atoms with Gasteiger partial charge in [0.1, 0.15) is 0 Å². The zero-order valence-corrected chi connectivity index (χ0v) is 11.4. The van der Waals surface area contributed by atoms with Crippen molar-refractivity contribution in [2.75, 3.05) is 0 Å². The molecule has 0 heterocycles. The number of amides is 1. The number of carbonyl (C=O) groups is 1. The van der Waals surface area contributed by atoms with E-state index in [9.17, 15) is 4.79 Å². The highest BCUT2D eigenvalue weighted by Crippen LogP contribution is 2.18. The van der Waals surface area contributed by atoms with Crippen LogP contribution in [0.15, 0.2) is 29.3 Å². The lowest BCUT2D eigenvalue weighted by Gasteiger charge is -2.14.